The quantitative estimate of drug-likeness (QED) is 0.844. The van der Waals surface area contributed by atoms with Crippen molar-refractivity contribution < 1.29 is 13.9 Å². The number of nitrogens with one attached hydrogen (secondary N) is 1. The van der Waals surface area contributed by atoms with Crippen molar-refractivity contribution >= 4 is 23.2 Å². The lowest BCUT2D eigenvalue weighted by atomic mass is 10.3. The second-order valence-corrected chi connectivity index (χ2v) is 4.26. The van der Waals surface area contributed by atoms with Gasteiger partial charge in [0, 0.05) is 0 Å². The van der Waals surface area contributed by atoms with Crippen LogP contribution in [0.2, 0.25) is 10.0 Å². The highest BCUT2D eigenvalue weighted by atomic mass is 35.5. The van der Waals surface area contributed by atoms with Crippen molar-refractivity contribution in [2.45, 2.75) is 0 Å². The van der Waals surface area contributed by atoms with Crippen molar-refractivity contribution in [2.24, 2.45) is 0 Å². The number of hydrogen-bond acceptors (Lipinski definition) is 3. The van der Waals surface area contributed by atoms with Crippen molar-refractivity contribution in [1.82, 2.24) is 9.55 Å². The van der Waals surface area contributed by atoms with E-state index < -0.39 is 28.8 Å². The van der Waals surface area contributed by atoms with E-state index in [2.05, 4.69) is 0 Å². The fraction of sp³-hybridized carbons (Fsp3) is 0. The Bertz CT molecular complexity index is 762. The van der Waals surface area contributed by atoms with Crippen LogP contribution in [0.5, 0.6) is 5.88 Å². The molecule has 1 aromatic heterocycles. The molecule has 1 heterocycles. The summed E-state index contributed by atoms with van der Waals surface area (Å²) >= 11 is 11.4. The van der Waals surface area contributed by atoms with Gasteiger partial charge in [0.2, 0.25) is 11.7 Å². The first-order valence-electron chi connectivity index (χ1n) is 4.71. The lowest BCUT2D eigenvalue weighted by Crippen LogP contribution is -2.31. The number of aromatic amines is 1. The number of hydrogen-bond donors (Lipinski definition) is 2. The van der Waals surface area contributed by atoms with Gasteiger partial charge in [-0.05, 0) is 12.1 Å². The second-order valence-electron chi connectivity index (χ2n) is 3.45. The van der Waals surface area contributed by atoms with Crippen LogP contribution in [0.25, 0.3) is 5.69 Å². The summed E-state index contributed by atoms with van der Waals surface area (Å²) in [4.78, 5) is 24.1. The van der Waals surface area contributed by atoms with Crippen LogP contribution in [0.4, 0.5) is 8.78 Å². The molecule has 5 nitrogen and oxygen atoms in total. The van der Waals surface area contributed by atoms with Crippen LogP contribution in [0.3, 0.4) is 0 Å². The minimum Gasteiger partial charge on any atom is -0.492 e. The van der Waals surface area contributed by atoms with E-state index in [1.165, 1.54) is 0 Å². The Balaban J connectivity index is 2.92. The standard InChI is InChI=1S/C10H4Cl2F2N2O3/c11-4-1-3(13)2-5(12)7(4)16-9(18)6(14)8(17)15-10(16)19/h1-2,18H,(H,15,17,19). The monoisotopic (exact) mass is 308 g/mol. The predicted octanol–water partition coefficient (Wildman–Crippen LogP) is 1.82. The molecule has 0 amide bonds. The van der Waals surface area contributed by atoms with Crippen LogP contribution in [0.15, 0.2) is 21.7 Å². The lowest BCUT2D eigenvalue weighted by molar-refractivity contribution is 0.386. The Morgan fingerprint density at radius 2 is 1.68 bits per heavy atom. The molecule has 0 aliphatic heterocycles. The summed E-state index contributed by atoms with van der Waals surface area (Å²) in [7, 11) is 0. The summed E-state index contributed by atoms with van der Waals surface area (Å²) in [5.74, 6) is -3.64. The molecule has 0 saturated carbocycles. The van der Waals surface area contributed by atoms with Gasteiger partial charge in [0.1, 0.15) is 5.82 Å². The zero-order chi connectivity index (χ0) is 14.3. The average Bonchev–Trinajstić information content (AvgIpc) is 2.29. The van der Waals surface area contributed by atoms with Crippen LogP contribution < -0.4 is 11.2 Å². The van der Waals surface area contributed by atoms with E-state index in [0.717, 1.165) is 12.1 Å². The molecule has 2 N–H and O–H groups in total. The van der Waals surface area contributed by atoms with Gasteiger partial charge in [-0.3, -0.25) is 9.78 Å². The highest BCUT2D eigenvalue weighted by Crippen LogP contribution is 2.31. The molecule has 0 aliphatic rings. The van der Waals surface area contributed by atoms with Crippen molar-refractivity contribution in [3.8, 4) is 11.6 Å². The van der Waals surface area contributed by atoms with Gasteiger partial charge in [-0.1, -0.05) is 23.2 Å². The minimum atomic E-state index is -1.59. The maximum atomic E-state index is 13.3. The molecule has 0 fully saturated rings. The third-order valence-electron chi connectivity index (χ3n) is 2.24. The molecule has 0 saturated heterocycles. The fourth-order valence-corrected chi connectivity index (χ4v) is 2.09. The fourth-order valence-electron chi connectivity index (χ4n) is 1.46. The summed E-state index contributed by atoms with van der Waals surface area (Å²) < 4.78 is 26.6. The Kier molecular flexibility index (Phi) is 3.34. The molecular formula is C10H4Cl2F2N2O3. The van der Waals surface area contributed by atoms with Gasteiger partial charge >= 0.3 is 5.69 Å². The van der Waals surface area contributed by atoms with Crippen LogP contribution in [-0.2, 0) is 0 Å². The van der Waals surface area contributed by atoms with Crippen LogP contribution in [0, 0.1) is 11.6 Å². The molecule has 0 bridgehead atoms. The molecule has 9 heteroatoms. The second kappa shape index (κ2) is 4.67. The molecule has 0 atom stereocenters. The van der Waals surface area contributed by atoms with Crippen LogP contribution in [0.1, 0.15) is 0 Å². The molecule has 0 radical (unpaired) electrons. The number of halogens is 4. The molecular weight excluding hydrogens is 305 g/mol. The van der Waals surface area contributed by atoms with E-state index in [1.54, 1.807) is 4.98 Å². The number of nitrogens with zero attached hydrogens (tertiary/aromatic N) is 1. The van der Waals surface area contributed by atoms with Gasteiger partial charge in [-0.2, -0.15) is 4.39 Å². The Labute approximate surface area is 113 Å². The van der Waals surface area contributed by atoms with Gasteiger partial charge in [0.15, 0.2) is 0 Å². The van der Waals surface area contributed by atoms with E-state index in [-0.39, 0.29) is 15.7 Å². The summed E-state index contributed by atoms with van der Waals surface area (Å²) in [6.45, 7) is 0. The van der Waals surface area contributed by atoms with Gasteiger partial charge < -0.3 is 5.11 Å². The van der Waals surface area contributed by atoms with Crippen molar-refractivity contribution in [3.63, 3.8) is 0 Å². The first-order chi connectivity index (χ1) is 8.82. The molecule has 100 valence electrons. The summed E-state index contributed by atoms with van der Waals surface area (Å²) in [5.41, 5.74) is -2.91. The van der Waals surface area contributed by atoms with Gasteiger partial charge in [0.25, 0.3) is 5.56 Å². The van der Waals surface area contributed by atoms with Crippen LogP contribution >= 0.6 is 23.2 Å². The number of H-pyrrole nitrogens is 1. The van der Waals surface area contributed by atoms with Crippen LogP contribution in [-0.4, -0.2) is 14.7 Å². The van der Waals surface area contributed by atoms with Crippen molar-refractivity contribution in [2.75, 3.05) is 0 Å². The first-order valence-corrected chi connectivity index (χ1v) is 5.47. The van der Waals surface area contributed by atoms with E-state index in [1.807, 2.05) is 0 Å². The van der Waals surface area contributed by atoms with Crippen molar-refractivity contribution in [3.05, 3.63) is 54.7 Å². The van der Waals surface area contributed by atoms with E-state index in [9.17, 15) is 23.5 Å². The normalized spacial score (nSPS) is 10.7. The Morgan fingerprint density at radius 1 is 1.16 bits per heavy atom. The Hall–Kier alpha value is -1.86. The minimum absolute atomic E-state index is 0.334. The maximum absolute atomic E-state index is 13.3. The van der Waals surface area contributed by atoms with Gasteiger partial charge in [-0.15, -0.1) is 0 Å². The smallest absolute Gasteiger partial charge is 0.336 e. The predicted molar refractivity (Wildman–Crippen MR) is 64.3 cm³/mol. The Morgan fingerprint density at radius 3 is 2.21 bits per heavy atom. The average molecular weight is 309 g/mol. The lowest BCUT2D eigenvalue weighted by Gasteiger charge is -2.11. The number of rotatable bonds is 1. The van der Waals surface area contributed by atoms with E-state index in [4.69, 9.17) is 23.2 Å². The summed E-state index contributed by atoms with van der Waals surface area (Å²) in [5, 5.41) is 8.81. The maximum Gasteiger partial charge on any atom is 0.336 e. The van der Waals surface area contributed by atoms with Gasteiger partial charge in [-0.25, -0.2) is 13.8 Å². The van der Waals surface area contributed by atoms with Crippen molar-refractivity contribution in [1.29, 1.82) is 0 Å². The van der Waals surface area contributed by atoms with E-state index in [0.29, 0.717) is 4.57 Å². The SMILES string of the molecule is O=c1[nH]c(=O)n(-c2c(Cl)cc(F)cc2Cl)c(O)c1F. The largest absolute Gasteiger partial charge is 0.492 e. The van der Waals surface area contributed by atoms with E-state index >= 15 is 0 Å². The first kappa shape index (κ1) is 13.6. The topological polar surface area (TPSA) is 75.1 Å². The highest BCUT2D eigenvalue weighted by molar-refractivity contribution is 6.37. The third kappa shape index (κ3) is 2.22. The zero-order valence-corrected chi connectivity index (χ0v) is 10.4. The molecule has 0 spiro atoms. The molecule has 0 aliphatic carbocycles. The molecule has 1 aromatic carbocycles. The molecule has 0 unspecified atom stereocenters. The number of aromatic hydroxyl groups is 1. The highest BCUT2D eigenvalue weighted by Gasteiger charge is 2.20. The molecule has 2 rings (SSSR count). The number of aromatic nitrogens is 2. The third-order valence-corrected chi connectivity index (χ3v) is 2.81. The molecule has 19 heavy (non-hydrogen) atoms. The molecule has 2 aromatic rings. The number of benzene rings is 1. The zero-order valence-electron chi connectivity index (χ0n) is 8.88. The van der Waals surface area contributed by atoms with Gasteiger partial charge in [0.05, 0.1) is 15.7 Å². The summed E-state index contributed by atoms with van der Waals surface area (Å²) in [6.07, 6.45) is 0. The summed E-state index contributed by atoms with van der Waals surface area (Å²) in [6, 6.07) is 1.63.